The van der Waals surface area contributed by atoms with Gasteiger partial charge in [-0.05, 0) is 146 Å². The molecule has 0 saturated heterocycles. The minimum atomic E-state index is -3.36. The Morgan fingerprint density at radius 1 is 0.438 bits per heavy atom. The van der Waals surface area contributed by atoms with E-state index in [1.807, 2.05) is 100 Å². The molecule has 3 aromatic heterocycles. The zero-order valence-electron chi connectivity index (χ0n) is 54.5. The average Bonchev–Trinajstić information content (AvgIpc) is 1.46. The van der Waals surface area contributed by atoms with Crippen molar-refractivity contribution < 1.29 is 41.5 Å². The van der Waals surface area contributed by atoms with Crippen molar-refractivity contribution >= 4 is 55.5 Å². The van der Waals surface area contributed by atoms with Gasteiger partial charge < -0.3 is 53.5 Å². The van der Waals surface area contributed by atoms with E-state index in [4.69, 9.17) is 42.7 Å². The lowest BCUT2D eigenvalue weighted by Gasteiger charge is -2.23. The van der Waals surface area contributed by atoms with Crippen LogP contribution in [0, 0.1) is 35.5 Å². The van der Waals surface area contributed by atoms with Gasteiger partial charge in [0.05, 0.1) is 75.3 Å². The molecular formula is C68H90N9O9P3. The Kier molecular flexibility index (Phi) is 27.9. The fourth-order valence-corrected chi connectivity index (χ4v) is 13.8. The first-order valence-corrected chi connectivity index (χ1v) is 36.7. The van der Waals surface area contributed by atoms with Gasteiger partial charge in [0, 0.05) is 132 Å². The summed E-state index contributed by atoms with van der Waals surface area (Å²) >= 11 is 0. The van der Waals surface area contributed by atoms with Crippen LogP contribution in [0.5, 0.6) is 17.2 Å². The smallest absolute Gasteiger partial charge is 0.247 e. The molecule has 3 heterocycles. The number of hydrogen-bond acceptors (Lipinski definition) is 18. The first kappa shape index (κ1) is 71.1. The summed E-state index contributed by atoms with van der Waals surface area (Å²) in [5, 5.41) is 10.5. The molecule has 0 spiro atoms. The summed E-state index contributed by atoms with van der Waals surface area (Å²) in [7, 11) is -5.00. The molecule has 0 amide bonds. The topological polar surface area (TPSA) is 191 Å². The highest BCUT2D eigenvalue weighted by Gasteiger charge is 2.25. The maximum absolute atomic E-state index is 14.2. The fraction of sp³-hybridized carbons (Fsp3) is 0.426. The Bertz CT molecular complexity index is 3530. The first-order chi connectivity index (χ1) is 42.8. The van der Waals surface area contributed by atoms with E-state index in [1.165, 1.54) is 0 Å². The van der Waals surface area contributed by atoms with E-state index in [-0.39, 0.29) is 19.8 Å². The summed E-state index contributed by atoms with van der Waals surface area (Å²) in [4.78, 5) is 21.4. The Labute approximate surface area is 529 Å². The number of nitrogens with one attached hydrogen (secondary N) is 3. The molecule has 6 rings (SSSR count). The monoisotopic (exact) mass is 1270 g/mol. The Morgan fingerprint density at radius 2 is 0.787 bits per heavy atom. The van der Waals surface area contributed by atoms with Crippen LogP contribution in [0.25, 0.3) is 0 Å². The van der Waals surface area contributed by atoms with Crippen molar-refractivity contribution in [3.8, 4) is 52.8 Å². The van der Waals surface area contributed by atoms with Crippen LogP contribution in [0.4, 0.5) is 17.1 Å². The normalized spacial score (nSPS) is 13.1. The lowest BCUT2D eigenvalue weighted by molar-refractivity contribution is 0.261. The number of rotatable bonds is 32. The van der Waals surface area contributed by atoms with E-state index in [1.54, 1.807) is 59.5 Å². The zero-order chi connectivity index (χ0) is 64.6. The summed E-state index contributed by atoms with van der Waals surface area (Å²) in [6.07, 6.45) is 0. The Hall–Kier alpha value is -6.96. The predicted octanol–water partition coefficient (Wildman–Crippen LogP) is 10.3. The molecule has 21 heteroatoms. The summed E-state index contributed by atoms with van der Waals surface area (Å²) in [6, 6.07) is 28.5. The summed E-state index contributed by atoms with van der Waals surface area (Å²) in [5.41, 5.74) is 10.0. The number of pyridine rings is 3. The van der Waals surface area contributed by atoms with Crippen LogP contribution < -0.4 is 56.3 Å². The van der Waals surface area contributed by atoms with Crippen molar-refractivity contribution in [3.63, 3.8) is 0 Å². The molecule has 0 aliphatic heterocycles. The van der Waals surface area contributed by atoms with Crippen molar-refractivity contribution in [2.45, 2.75) is 75.0 Å². The van der Waals surface area contributed by atoms with Crippen molar-refractivity contribution in [2.75, 3.05) is 135 Å². The van der Waals surface area contributed by atoms with Gasteiger partial charge in [-0.15, -0.1) is 0 Å². The lowest BCUT2D eigenvalue weighted by Crippen LogP contribution is -2.37. The van der Waals surface area contributed by atoms with Crippen LogP contribution in [-0.2, 0) is 46.9 Å². The summed E-state index contributed by atoms with van der Waals surface area (Å²) in [5.74, 6) is 22.1. The second kappa shape index (κ2) is 34.9. The number of aromatic nitrogens is 3. The van der Waals surface area contributed by atoms with Gasteiger partial charge in [-0.2, -0.15) is 0 Å². The largest absolute Gasteiger partial charge is 0.495 e. The number of benzene rings is 3. The van der Waals surface area contributed by atoms with Gasteiger partial charge in [0.25, 0.3) is 0 Å². The van der Waals surface area contributed by atoms with Gasteiger partial charge in [-0.25, -0.2) is 15.0 Å². The van der Waals surface area contributed by atoms with Gasteiger partial charge in [-0.1, -0.05) is 35.5 Å². The highest BCUT2D eigenvalue weighted by Crippen LogP contribution is 2.42. The number of methoxy groups -OCH3 is 3. The zero-order valence-corrected chi connectivity index (χ0v) is 57.1. The van der Waals surface area contributed by atoms with Gasteiger partial charge in [0.15, 0.2) is 0 Å². The van der Waals surface area contributed by atoms with E-state index in [0.29, 0.717) is 108 Å². The molecular weight excluding hydrogens is 1180 g/mol. The summed E-state index contributed by atoms with van der Waals surface area (Å²) < 4.78 is 76.5. The minimum Gasteiger partial charge on any atom is -0.495 e. The maximum atomic E-state index is 14.2. The molecule has 0 saturated carbocycles. The standard InChI is InChI=1S/C68H90N9O9P3/c1-15-71-60-42-51(29-32-63(60)81-9)23-26-56-41-59(74-68(47-56)89(14,80)86-22-8)50-75(37-35-69-48-57-39-54(45-66(72-57)87(12,78)84-20-6)27-24-52-30-33-64(82-10)61(43-52)76(16-2)17-3)38-36-70-49-58-40-55(46-67(73-58)88(13,79)85-21-7)28-25-53-31-34-65(83-11)62(44-53)77(18-4)19-5/h29-34,39-47,69-71H,15-22,35-38,48-50H2,1-14H3. The van der Waals surface area contributed by atoms with E-state index in [0.717, 1.165) is 71.4 Å². The molecule has 0 aliphatic rings. The van der Waals surface area contributed by atoms with Gasteiger partial charge in [0.2, 0.25) is 22.1 Å². The molecule has 89 heavy (non-hydrogen) atoms. The number of hydrogen-bond donors (Lipinski definition) is 3. The fourth-order valence-electron chi connectivity index (χ4n) is 9.87. The average molecular weight is 1270 g/mol. The van der Waals surface area contributed by atoms with E-state index in [9.17, 15) is 13.7 Å². The highest BCUT2D eigenvalue weighted by atomic mass is 31.2. The number of anilines is 3. The third kappa shape index (κ3) is 20.8. The minimum absolute atomic E-state index is 0.241. The SMILES string of the molecule is CCNc1cc(C#Cc2cc(CN(CCNCc3cc(C#Cc4ccc(OC)c(N(CC)CC)c4)cc(P(C)(=O)OCC)n3)CCNCc3cc(C#Cc4ccc(OC)c(N(CC)CC)c4)cc(P(C)(=O)OCC)n3)nc(P(C)(=O)OCC)c2)ccc1OC. The lowest BCUT2D eigenvalue weighted by atomic mass is 10.1. The second-order valence-electron chi connectivity index (χ2n) is 20.8. The van der Waals surface area contributed by atoms with Crippen LogP contribution in [0.15, 0.2) is 91.0 Å². The predicted molar refractivity (Wildman–Crippen MR) is 364 cm³/mol. The first-order valence-electron chi connectivity index (χ1n) is 30.5. The Balaban J connectivity index is 1.32. The molecule has 3 aromatic carbocycles. The van der Waals surface area contributed by atoms with Gasteiger partial charge in [-0.3, -0.25) is 18.6 Å². The molecule has 6 aromatic rings. The molecule has 0 fully saturated rings. The third-order valence-electron chi connectivity index (χ3n) is 14.4. The maximum Gasteiger partial charge on any atom is 0.247 e. The summed E-state index contributed by atoms with van der Waals surface area (Å²) in [6.45, 7) is 28.4. The van der Waals surface area contributed by atoms with Crippen LogP contribution in [0.2, 0.25) is 0 Å². The van der Waals surface area contributed by atoms with Gasteiger partial charge >= 0.3 is 0 Å². The van der Waals surface area contributed by atoms with E-state index in [2.05, 4.69) is 93.9 Å². The Morgan fingerprint density at radius 3 is 1.15 bits per heavy atom. The van der Waals surface area contributed by atoms with Crippen molar-refractivity contribution in [1.82, 2.24) is 30.5 Å². The molecule has 0 aliphatic carbocycles. The molecule has 3 N–H and O–H groups in total. The quantitative estimate of drug-likeness (QED) is 0.0205. The molecule has 3 atom stereocenters. The second-order valence-corrected chi connectivity index (χ2v) is 28.1. The third-order valence-corrected chi connectivity index (χ3v) is 19.8. The molecule has 0 radical (unpaired) electrons. The van der Waals surface area contributed by atoms with Crippen LogP contribution in [0.1, 0.15) is 106 Å². The molecule has 18 nitrogen and oxygen atoms in total. The van der Waals surface area contributed by atoms with E-state index < -0.39 is 22.1 Å². The number of ether oxygens (including phenoxy) is 3. The van der Waals surface area contributed by atoms with Crippen molar-refractivity contribution in [1.29, 1.82) is 0 Å². The highest BCUT2D eigenvalue weighted by molar-refractivity contribution is 7.66. The van der Waals surface area contributed by atoms with Gasteiger partial charge in [0.1, 0.15) is 33.6 Å². The molecule has 3 unspecified atom stereocenters. The van der Waals surface area contributed by atoms with Crippen molar-refractivity contribution in [2.24, 2.45) is 0 Å². The van der Waals surface area contributed by atoms with Crippen LogP contribution in [0.3, 0.4) is 0 Å². The van der Waals surface area contributed by atoms with E-state index >= 15 is 0 Å². The molecule has 476 valence electrons. The van der Waals surface area contributed by atoms with Crippen LogP contribution in [-0.4, -0.2) is 140 Å². The van der Waals surface area contributed by atoms with Crippen molar-refractivity contribution in [3.05, 3.63) is 141 Å². The molecule has 0 bridgehead atoms. The van der Waals surface area contributed by atoms with Crippen LogP contribution >= 0.6 is 22.1 Å². The number of nitrogens with zero attached hydrogens (tertiary/aromatic N) is 6.